The highest BCUT2D eigenvalue weighted by atomic mass is 79.9. The van der Waals surface area contributed by atoms with Crippen molar-refractivity contribution in [2.45, 2.75) is 12.2 Å². The molecule has 0 bridgehead atoms. The molecule has 0 saturated heterocycles. The Kier molecular flexibility index (Phi) is 3.36. The number of aryl methyl sites for hydroxylation is 1. The van der Waals surface area contributed by atoms with E-state index in [-0.39, 0.29) is 11.2 Å². The van der Waals surface area contributed by atoms with Crippen LogP contribution in [0.4, 0.5) is 5.82 Å². The number of hydrogen-bond donors (Lipinski definition) is 2. The number of amides is 1. The van der Waals surface area contributed by atoms with Crippen molar-refractivity contribution in [3.63, 3.8) is 0 Å². The van der Waals surface area contributed by atoms with Crippen molar-refractivity contribution < 1.29 is 4.79 Å². The largest absolute Gasteiger partial charge is 0.308 e. The van der Waals surface area contributed by atoms with Gasteiger partial charge in [-0.2, -0.15) is 5.10 Å². The molecule has 19 heavy (non-hydrogen) atoms. The highest BCUT2D eigenvalue weighted by molar-refractivity contribution is 9.10. The maximum absolute atomic E-state index is 11.7. The Morgan fingerprint density at radius 2 is 2.32 bits per heavy atom. The van der Waals surface area contributed by atoms with E-state index in [9.17, 15) is 4.79 Å². The van der Waals surface area contributed by atoms with Gasteiger partial charge < -0.3 is 5.32 Å². The van der Waals surface area contributed by atoms with Crippen LogP contribution in [0, 0.1) is 6.92 Å². The molecule has 1 atom stereocenters. The van der Waals surface area contributed by atoms with Crippen molar-refractivity contribution in [2.75, 3.05) is 11.1 Å². The van der Waals surface area contributed by atoms with Gasteiger partial charge in [-0.25, -0.2) is 0 Å². The van der Waals surface area contributed by atoms with Crippen LogP contribution < -0.4 is 5.32 Å². The molecule has 98 valence electrons. The second-order valence-corrected chi connectivity index (χ2v) is 6.41. The normalized spacial score (nSPS) is 18.6. The standard InChI is InChI=1S/C13H12BrN3OS/c1-7-11-12(8-3-2-4-9(14)5-8)19-6-10(18)15-13(11)17-16-7/h2-5,12H,6H2,1H3,(H2,15,16,17,18)/t12-/m0/s1. The highest BCUT2D eigenvalue weighted by Crippen LogP contribution is 2.42. The summed E-state index contributed by atoms with van der Waals surface area (Å²) in [5.74, 6) is 1.08. The molecule has 0 unspecified atom stereocenters. The summed E-state index contributed by atoms with van der Waals surface area (Å²) < 4.78 is 1.04. The van der Waals surface area contributed by atoms with E-state index in [4.69, 9.17) is 0 Å². The number of fused-ring (bicyclic) bond motifs is 1. The van der Waals surface area contributed by atoms with E-state index in [1.165, 1.54) is 5.56 Å². The summed E-state index contributed by atoms with van der Waals surface area (Å²) in [7, 11) is 0. The fourth-order valence-electron chi connectivity index (χ4n) is 2.20. The van der Waals surface area contributed by atoms with Crippen LogP contribution in [0.3, 0.4) is 0 Å². The monoisotopic (exact) mass is 337 g/mol. The van der Waals surface area contributed by atoms with Gasteiger partial charge in [0.25, 0.3) is 0 Å². The third-order valence-electron chi connectivity index (χ3n) is 3.05. The summed E-state index contributed by atoms with van der Waals surface area (Å²) in [5.41, 5.74) is 3.23. The van der Waals surface area contributed by atoms with E-state index in [0.29, 0.717) is 11.6 Å². The van der Waals surface area contributed by atoms with Crippen LogP contribution >= 0.6 is 27.7 Å². The number of benzene rings is 1. The first-order chi connectivity index (χ1) is 9.15. The molecule has 1 aromatic carbocycles. The van der Waals surface area contributed by atoms with Crippen LogP contribution in [-0.2, 0) is 4.79 Å². The maximum atomic E-state index is 11.7. The van der Waals surface area contributed by atoms with Gasteiger partial charge in [0, 0.05) is 15.7 Å². The molecule has 0 aliphatic carbocycles. The highest BCUT2D eigenvalue weighted by Gasteiger charge is 2.28. The Balaban J connectivity index is 2.11. The minimum atomic E-state index is -0.00440. The van der Waals surface area contributed by atoms with Crippen molar-refractivity contribution in [1.82, 2.24) is 10.2 Å². The molecule has 0 radical (unpaired) electrons. The number of carbonyl (C=O) groups is 1. The summed E-state index contributed by atoms with van der Waals surface area (Å²) in [5, 5.41) is 10.1. The van der Waals surface area contributed by atoms with Gasteiger partial charge >= 0.3 is 0 Å². The van der Waals surface area contributed by atoms with Crippen molar-refractivity contribution in [2.24, 2.45) is 0 Å². The Hall–Kier alpha value is -1.27. The van der Waals surface area contributed by atoms with Crippen molar-refractivity contribution in [3.8, 4) is 0 Å². The van der Waals surface area contributed by atoms with Gasteiger partial charge in [0.05, 0.1) is 11.0 Å². The number of aromatic nitrogens is 2. The topological polar surface area (TPSA) is 57.8 Å². The van der Waals surface area contributed by atoms with Crippen LogP contribution in [0.15, 0.2) is 28.7 Å². The SMILES string of the molecule is Cc1[nH]nc2c1[C@H](c1cccc(Br)c1)SCC(=O)N2. The van der Waals surface area contributed by atoms with Crippen molar-refractivity contribution in [3.05, 3.63) is 45.6 Å². The lowest BCUT2D eigenvalue weighted by atomic mass is 10.0. The first-order valence-electron chi connectivity index (χ1n) is 5.87. The predicted molar refractivity (Wildman–Crippen MR) is 80.4 cm³/mol. The van der Waals surface area contributed by atoms with Crippen LogP contribution in [-0.4, -0.2) is 21.9 Å². The van der Waals surface area contributed by atoms with Crippen molar-refractivity contribution in [1.29, 1.82) is 0 Å². The summed E-state index contributed by atoms with van der Waals surface area (Å²) in [6.07, 6.45) is 0. The van der Waals surface area contributed by atoms with E-state index in [0.717, 1.165) is 15.7 Å². The number of nitrogens with zero attached hydrogens (tertiary/aromatic N) is 1. The van der Waals surface area contributed by atoms with E-state index < -0.39 is 0 Å². The van der Waals surface area contributed by atoms with Gasteiger partial charge in [0.1, 0.15) is 0 Å². The summed E-state index contributed by atoms with van der Waals surface area (Å²) in [6.45, 7) is 1.98. The molecule has 2 N–H and O–H groups in total. The quantitative estimate of drug-likeness (QED) is 0.839. The third-order valence-corrected chi connectivity index (χ3v) is 4.81. The summed E-state index contributed by atoms with van der Waals surface area (Å²) >= 11 is 5.12. The van der Waals surface area contributed by atoms with Crippen molar-refractivity contribution >= 4 is 39.4 Å². The first kappa shape index (κ1) is 12.7. The fourth-order valence-corrected chi connectivity index (χ4v) is 3.80. The first-order valence-corrected chi connectivity index (χ1v) is 7.71. The summed E-state index contributed by atoms with van der Waals surface area (Å²) in [4.78, 5) is 11.7. The zero-order valence-corrected chi connectivity index (χ0v) is 12.6. The Morgan fingerprint density at radius 3 is 3.11 bits per heavy atom. The molecule has 1 amide bonds. The molecular weight excluding hydrogens is 326 g/mol. The predicted octanol–water partition coefficient (Wildman–Crippen LogP) is 3.26. The molecule has 1 aliphatic heterocycles. The lowest BCUT2D eigenvalue weighted by Gasteiger charge is -2.15. The van der Waals surface area contributed by atoms with Crippen LogP contribution in [0.5, 0.6) is 0 Å². The molecule has 0 spiro atoms. The number of aromatic amines is 1. The van der Waals surface area contributed by atoms with E-state index in [1.807, 2.05) is 19.1 Å². The van der Waals surface area contributed by atoms with Gasteiger partial charge in [-0.1, -0.05) is 28.1 Å². The minimum Gasteiger partial charge on any atom is -0.308 e. The van der Waals surface area contributed by atoms with E-state index >= 15 is 0 Å². The molecule has 1 aliphatic rings. The van der Waals surface area contributed by atoms with Gasteiger partial charge in [0.15, 0.2) is 5.82 Å². The van der Waals surface area contributed by atoms with Gasteiger partial charge in [0.2, 0.25) is 5.91 Å². The van der Waals surface area contributed by atoms with Gasteiger partial charge in [-0.15, -0.1) is 11.8 Å². The van der Waals surface area contributed by atoms with Crippen LogP contribution in [0.1, 0.15) is 22.1 Å². The molecule has 3 rings (SSSR count). The number of carbonyl (C=O) groups excluding carboxylic acids is 1. The van der Waals surface area contributed by atoms with Crippen LogP contribution in [0.25, 0.3) is 0 Å². The van der Waals surface area contributed by atoms with Gasteiger partial charge in [-0.3, -0.25) is 9.89 Å². The smallest absolute Gasteiger partial charge is 0.235 e. The average molecular weight is 338 g/mol. The molecule has 6 heteroatoms. The number of H-pyrrole nitrogens is 1. The van der Waals surface area contributed by atoms with Crippen LogP contribution in [0.2, 0.25) is 0 Å². The Labute approximate surface area is 123 Å². The molecule has 2 aromatic rings. The molecule has 0 fully saturated rings. The Bertz CT molecular complexity index is 641. The van der Waals surface area contributed by atoms with E-state index in [1.54, 1.807) is 11.8 Å². The second-order valence-electron chi connectivity index (χ2n) is 4.41. The van der Waals surface area contributed by atoms with E-state index in [2.05, 4.69) is 43.6 Å². The lowest BCUT2D eigenvalue weighted by Crippen LogP contribution is -2.12. The number of hydrogen-bond acceptors (Lipinski definition) is 3. The zero-order chi connectivity index (χ0) is 13.4. The molecule has 2 heterocycles. The van der Waals surface area contributed by atoms with Gasteiger partial charge in [-0.05, 0) is 24.6 Å². The molecule has 0 saturated carbocycles. The number of anilines is 1. The lowest BCUT2D eigenvalue weighted by molar-refractivity contribution is -0.113. The maximum Gasteiger partial charge on any atom is 0.235 e. The molecule has 4 nitrogen and oxygen atoms in total. The Morgan fingerprint density at radius 1 is 1.47 bits per heavy atom. The fraction of sp³-hybridized carbons (Fsp3) is 0.231. The number of thioether (sulfide) groups is 1. The number of halogens is 1. The average Bonchev–Trinajstić information content (AvgIpc) is 2.64. The number of nitrogens with one attached hydrogen (secondary N) is 2. The zero-order valence-electron chi connectivity index (χ0n) is 10.2. The summed E-state index contributed by atoms with van der Waals surface area (Å²) in [6, 6.07) is 8.17. The second kappa shape index (κ2) is 5.02. The molecule has 1 aromatic heterocycles. The minimum absolute atomic E-state index is 0.00440. The number of rotatable bonds is 1. The molecular formula is C13H12BrN3OS. The third kappa shape index (κ3) is 2.42.